The molecule has 0 aliphatic carbocycles. The molecule has 0 aromatic heterocycles. The van der Waals surface area contributed by atoms with Crippen molar-refractivity contribution in [2.24, 2.45) is 0 Å². The van der Waals surface area contributed by atoms with E-state index >= 15 is 0 Å². The Kier molecular flexibility index (Phi) is 7.58. The molecule has 0 atom stereocenters. The number of thioether (sulfide) groups is 1. The maximum Gasteiger partial charge on any atom is 0.348 e. The summed E-state index contributed by atoms with van der Waals surface area (Å²) in [4.78, 5) is 15.1. The molecule has 0 radical (unpaired) electrons. The van der Waals surface area contributed by atoms with Crippen molar-refractivity contribution in [3.63, 3.8) is 0 Å². The summed E-state index contributed by atoms with van der Waals surface area (Å²) < 4.78 is 5.19. The zero-order valence-corrected chi connectivity index (χ0v) is 16.2. The minimum atomic E-state index is -0.610. The molecule has 4 nitrogen and oxygen atoms in total. The van der Waals surface area contributed by atoms with Crippen molar-refractivity contribution in [1.29, 1.82) is 5.26 Å². The number of hydrogen-bond acceptors (Lipinski definition) is 5. The maximum absolute atomic E-state index is 12.1. The fourth-order valence-corrected chi connectivity index (χ4v) is 2.93. The predicted octanol–water partition coefficient (Wildman–Crippen LogP) is 4.65. The second kappa shape index (κ2) is 9.91. The summed E-state index contributed by atoms with van der Waals surface area (Å²) in [6, 6.07) is 16.9. The summed E-state index contributed by atoms with van der Waals surface area (Å²) in [5.74, 6) is -0.00948. The van der Waals surface area contributed by atoms with E-state index in [0.29, 0.717) is 10.8 Å². The molecule has 0 aliphatic heterocycles. The number of carbonyl (C=O) groups is 1. The van der Waals surface area contributed by atoms with E-state index in [9.17, 15) is 10.1 Å². The highest BCUT2D eigenvalue weighted by Crippen LogP contribution is 2.20. The third-order valence-electron chi connectivity index (χ3n) is 3.46. The molecule has 0 unspecified atom stereocenters. The van der Waals surface area contributed by atoms with Gasteiger partial charge in [0.2, 0.25) is 0 Å². The Morgan fingerprint density at radius 2 is 1.85 bits per heavy atom. The molecule has 134 valence electrons. The predicted molar refractivity (Wildman–Crippen MR) is 107 cm³/mol. The fraction of sp³-hybridized carbons (Fsp3) is 0.200. The number of halogens is 1. The molecule has 6 heteroatoms. The Morgan fingerprint density at radius 1 is 1.19 bits per heavy atom. The first-order valence-corrected chi connectivity index (χ1v) is 9.30. The van der Waals surface area contributed by atoms with Crippen LogP contribution in [0.2, 0.25) is 5.02 Å². The van der Waals surface area contributed by atoms with Crippen molar-refractivity contribution in [2.75, 3.05) is 31.4 Å². The number of nitriles is 1. The molecule has 26 heavy (non-hydrogen) atoms. The number of anilines is 1. The van der Waals surface area contributed by atoms with Gasteiger partial charge in [-0.3, -0.25) is 0 Å². The average molecular weight is 387 g/mol. The van der Waals surface area contributed by atoms with Crippen LogP contribution in [0.5, 0.6) is 0 Å². The summed E-state index contributed by atoms with van der Waals surface area (Å²) in [5.41, 5.74) is 1.81. The molecule has 2 aromatic rings. The van der Waals surface area contributed by atoms with Crippen molar-refractivity contribution in [3.05, 3.63) is 64.7 Å². The summed E-state index contributed by atoms with van der Waals surface area (Å²) in [6.45, 7) is 0.227. The molecular weight excluding hydrogens is 368 g/mol. The third-order valence-corrected chi connectivity index (χ3v) is 4.69. The normalized spacial score (nSPS) is 10.9. The molecule has 0 N–H and O–H groups in total. The Morgan fingerprint density at radius 3 is 2.42 bits per heavy atom. The molecule has 0 saturated carbocycles. The quantitative estimate of drug-likeness (QED) is 0.228. The van der Waals surface area contributed by atoms with Crippen LogP contribution in [0, 0.1) is 11.3 Å². The minimum absolute atomic E-state index is 0.0147. The van der Waals surface area contributed by atoms with E-state index in [4.69, 9.17) is 16.3 Å². The Balaban J connectivity index is 1.87. The lowest BCUT2D eigenvalue weighted by molar-refractivity contribution is -0.137. The Labute approximate surface area is 163 Å². The smallest absolute Gasteiger partial charge is 0.348 e. The molecule has 0 heterocycles. The summed E-state index contributed by atoms with van der Waals surface area (Å²) >= 11 is 7.39. The van der Waals surface area contributed by atoms with E-state index in [2.05, 4.69) is 0 Å². The van der Waals surface area contributed by atoms with Gasteiger partial charge in [-0.2, -0.15) is 5.26 Å². The number of rotatable bonds is 7. The van der Waals surface area contributed by atoms with Crippen LogP contribution in [-0.4, -0.2) is 32.4 Å². The molecule has 0 fully saturated rings. The van der Waals surface area contributed by atoms with Crippen molar-refractivity contribution >= 4 is 41.1 Å². The Bertz CT molecular complexity index is 809. The molecule has 2 rings (SSSR count). The van der Waals surface area contributed by atoms with E-state index in [1.807, 2.05) is 73.6 Å². The van der Waals surface area contributed by atoms with Gasteiger partial charge in [0.15, 0.2) is 0 Å². The van der Waals surface area contributed by atoms with Crippen LogP contribution in [0.15, 0.2) is 59.0 Å². The minimum Gasteiger partial charge on any atom is -0.461 e. The van der Waals surface area contributed by atoms with Gasteiger partial charge in [0.05, 0.1) is 0 Å². The average Bonchev–Trinajstić information content (AvgIpc) is 2.65. The van der Waals surface area contributed by atoms with Gasteiger partial charge in [0.25, 0.3) is 0 Å². The lowest BCUT2D eigenvalue weighted by Crippen LogP contribution is -2.09. The fourth-order valence-electron chi connectivity index (χ4n) is 2.07. The maximum atomic E-state index is 12.1. The number of hydrogen-bond donors (Lipinski definition) is 0. The zero-order valence-electron chi connectivity index (χ0n) is 14.6. The second-order valence-electron chi connectivity index (χ2n) is 5.59. The van der Waals surface area contributed by atoms with Crippen LogP contribution >= 0.6 is 23.4 Å². The van der Waals surface area contributed by atoms with E-state index in [1.54, 1.807) is 11.8 Å². The molecule has 0 aliphatic rings. The summed E-state index contributed by atoms with van der Waals surface area (Å²) in [5, 5.41) is 9.90. The van der Waals surface area contributed by atoms with Gasteiger partial charge in [0.1, 0.15) is 18.2 Å². The topological polar surface area (TPSA) is 53.3 Å². The number of esters is 1. The van der Waals surface area contributed by atoms with Crippen LogP contribution in [0.4, 0.5) is 5.69 Å². The van der Waals surface area contributed by atoms with E-state index in [0.717, 1.165) is 16.1 Å². The highest BCUT2D eigenvalue weighted by atomic mass is 35.5. The lowest BCUT2D eigenvalue weighted by Gasteiger charge is -2.11. The zero-order chi connectivity index (χ0) is 18.9. The number of nitrogens with zero attached hydrogens (tertiary/aromatic N) is 2. The van der Waals surface area contributed by atoms with Gasteiger partial charge in [0, 0.05) is 35.5 Å². The van der Waals surface area contributed by atoms with Crippen LogP contribution in [0.3, 0.4) is 0 Å². The van der Waals surface area contributed by atoms with Crippen LogP contribution in [-0.2, 0) is 9.53 Å². The number of ether oxygens (including phenoxy) is 1. The molecule has 2 aromatic carbocycles. The van der Waals surface area contributed by atoms with Crippen LogP contribution in [0.25, 0.3) is 6.08 Å². The van der Waals surface area contributed by atoms with E-state index in [1.165, 1.54) is 6.08 Å². The highest BCUT2D eigenvalue weighted by molar-refractivity contribution is 7.99. The highest BCUT2D eigenvalue weighted by Gasteiger charge is 2.10. The van der Waals surface area contributed by atoms with E-state index in [-0.39, 0.29) is 12.2 Å². The summed E-state index contributed by atoms with van der Waals surface area (Å²) in [7, 11) is 3.90. The van der Waals surface area contributed by atoms with Crippen molar-refractivity contribution < 1.29 is 9.53 Å². The Hall–Kier alpha value is -2.42. The van der Waals surface area contributed by atoms with Crippen molar-refractivity contribution in [1.82, 2.24) is 0 Å². The van der Waals surface area contributed by atoms with Crippen molar-refractivity contribution in [3.8, 4) is 6.07 Å². The number of benzene rings is 2. The van der Waals surface area contributed by atoms with Crippen LogP contribution < -0.4 is 4.90 Å². The molecule has 0 spiro atoms. The van der Waals surface area contributed by atoms with Gasteiger partial charge < -0.3 is 9.64 Å². The van der Waals surface area contributed by atoms with Gasteiger partial charge in [-0.1, -0.05) is 23.7 Å². The largest absolute Gasteiger partial charge is 0.461 e. The van der Waals surface area contributed by atoms with E-state index < -0.39 is 5.97 Å². The van der Waals surface area contributed by atoms with Gasteiger partial charge in [-0.25, -0.2) is 4.79 Å². The summed E-state index contributed by atoms with van der Waals surface area (Å²) in [6.07, 6.45) is 1.54. The third kappa shape index (κ3) is 6.14. The second-order valence-corrected chi connectivity index (χ2v) is 7.20. The van der Waals surface area contributed by atoms with Gasteiger partial charge in [-0.15, -0.1) is 11.8 Å². The van der Waals surface area contributed by atoms with Gasteiger partial charge >= 0.3 is 5.97 Å². The standard InChI is InChI=1S/C20H19ClN2O2S/c1-23(2)18-7-3-15(4-8-18)13-16(14-22)20(24)25-11-12-26-19-9-5-17(21)6-10-19/h3-10,13H,11-12H2,1-2H3/b16-13+. The molecule has 0 bridgehead atoms. The lowest BCUT2D eigenvalue weighted by atomic mass is 10.1. The first kappa shape index (κ1) is 19.9. The van der Waals surface area contributed by atoms with Crippen molar-refractivity contribution in [2.45, 2.75) is 4.90 Å². The van der Waals surface area contributed by atoms with Crippen LogP contribution in [0.1, 0.15) is 5.56 Å². The first-order valence-electron chi connectivity index (χ1n) is 7.94. The molecule has 0 amide bonds. The molecule has 0 saturated heterocycles. The monoisotopic (exact) mass is 386 g/mol. The SMILES string of the molecule is CN(C)c1ccc(/C=C(\C#N)C(=O)OCCSc2ccc(Cl)cc2)cc1. The molecular formula is C20H19ClN2O2S. The number of carbonyl (C=O) groups excluding carboxylic acids is 1. The first-order chi connectivity index (χ1) is 12.5. The van der Waals surface area contributed by atoms with Gasteiger partial charge in [-0.05, 0) is 48.0 Å².